The molecule has 98 valence electrons. The highest BCUT2D eigenvalue weighted by atomic mass is 19.1. The Morgan fingerprint density at radius 1 is 1.47 bits per heavy atom. The molecule has 1 aromatic heterocycles. The number of nitrogens with two attached hydrogens (primary N) is 1. The number of benzene rings is 1. The summed E-state index contributed by atoms with van der Waals surface area (Å²) < 4.78 is 13.4. The molecule has 1 aromatic carbocycles. The zero-order valence-corrected chi connectivity index (χ0v) is 10.1. The van der Waals surface area contributed by atoms with Gasteiger partial charge in [0.25, 0.3) is 0 Å². The third-order valence-electron chi connectivity index (χ3n) is 2.66. The Labute approximate surface area is 108 Å². The molecule has 0 unspecified atom stereocenters. The van der Waals surface area contributed by atoms with Gasteiger partial charge in [-0.05, 0) is 25.1 Å². The first-order chi connectivity index (χ1) is 8.99. The van der Waals surface area contributed by atoms with E-state index in [-0.39, 0.29) is 22.9 Å². The number of aromatic nitrogens is 1. The molecule has 0 aliphatic rings. The number of nitrogens with zero attached hydrogens (tertiary/aromatic N) is 1. The van der Waals surface area contributed by atoms with Gasteiger partial charge in [0.15, 0.2) is 0 Å². The topological polar surface area (TPSA) is 88.2 Å². The Morgan fingerprint density at radius 3 is 2.89 bits per heavy atom. The van der Waals surface area contributed by atoms with E-state index in [1.807, 2.05) is 0 Å². The summed E-state index contributed by atoms with van der Waals surface area (Å²) in [7, 11) is 0. The van der Waals surface area contributed by atoms with Crippen LogP contribution in [0.3, 0.4) is 0 Å². The molecule has 0 saturated carbocycles. The minimum atomic E-state index is -1.16. The fourth-order valence-electron chi connectivity index (χ4n) is 1.61. The number of carboxylic acid groups (broad SMARTS) is 1. The van der Waals surface area contributed by atoms with Gasteiger partial charge < -0.3 is 16.2 Å². The summed E-state index contributed by atoms with van der Waals surface area (Å²) in [6.07, 6.45) is 1.34. The van der Waals surface area contributed by atoms with E-state index in [2.05, 4.69) is 10.3 Å². The molecule has 2 aromatic rings. The van der Waals surface area contributed by atoms with Crippen LogP contribution in [0.5, 0.6) is 0 Å². The third kappa shape index (κ3) is 2.62. The Hall–Kier alpha value is -2.63. The summed E-state index contributed by atoms with van der Waals surface area (Å²) in [4.78, 5) is 15.0. The van der Waals surface area contributed by atoms with Gasteiger partial charge in [-0.15, -0.1) is 0 Å². The van der Waals surface area contributed by atoms with Crippen LogP contribution in [0, 0.1) is 12.7 Å². The fraction of sp³-hybridized carbons (Fsp3) is 0.0769. The lowest BCUT2D eigenvalue weighted by Crippen LogP contribution is -2.07. The number of hydrogen-bond acceptors (Lipinski definition) is 4. The number of nitrogens with one attached hydrogen (secondary N) is 1. The average molecular weight is 261 g/mol. The van der Waals surface area contributed by atoms with Gasteiger partial charge in [0.1, 0.15) is 17.2 Å². The summed E-state index contributed by atoms with van der Waals surface area (Å²) in [5.74, 6) is -1.41. The molecule has 0 amide bonds. The van der Waals surface area contributed by atoms with Crippen molar-refractivity contribution in [1.29, 1.82) is 0 Å². The zero-order valence-electron chi connectivity index (χ0n) is 10.1. The Morgan fingerprint density at radius 2 is 2.21 bits per heavy atom. The van der Waals surface area contributed by atoms with Crippen LogP contribution >= 0.6 is 0 Å². The van der Waals surface area contributed by atoms with Crippen LogP contribution in [0.25, 0.3) is 0 Å². The monoisotopic (exact) mass is 261 g/mol. The van der Waals surface area contributed by atoms with E-state index >= 15 is 0 Å². The van der Waals surface area contributed by atoms with Gasteiger partial charge in [0.05, 0.1) is 11.9 Å². The summed E-state index contributed by atoms with van der Waals surface area (Å²) in [5, 5.41) is 11.9. The van der Waals surface area contributed by atoms with Crippen molar-refractivity contribution in [2.24, 2.45) is 0 Å². The highest BCUT2D eigenvalue weighted by Crippen LogP contribution is 2.24. The molecule has 0 radical (unpaired) electrons. The Kier molecular flexibility index (Phi) is 3.33. The van der Waals surface area contributed by atoms with Crippen molar-refractivity contribution in [2.75, 3.05) is 11.1 Å². The van der Waals surface area contributed by atoms with Gasteiger partial charge in [-0.2, -0.15) is 0 Å². The Balaban J connectivity index is 2.44. The van der Waals surface area contributed by atoms with Crippen LogP contribution < -0.4 is 11.1 Å². The lowest BCUT2D eigenvalue weighted by Gasteiger charge is -2.11. The van der Waals surface area contributed by atoms with E-state index in [9.17, 15) is 9.18 Å². The molecule has 0 aliphatic carbocycles. The van der Waals surface area contributed by atoms with Crippen LogP contribution in [0.2, 0.25) is 0 Å². The first-order valence-electron chi connectivity index (χ1n) is 5.50. The molecule has 1 heterocycles. The molecule has 0 spiro atoms. The van der Waals surface area contributed by atoms with Crippen LogP contribution in [0.1, 0.15) is 15.9 Å². The van der Waals surface area contributed by atoms with Crippen molar-refractivity contribution in [2.45, 2.75) is 6.92 Å². The number of carboxylic acids is 1. The Bertz CT molecular complexity index is 644. The van der Waals surface area contributed by atoms with E-state index in [4.69, 9.17) is 10.8 Å². The van der Waals surface area contributed by atoms with E-state index in [1.165, 1.54) is 24.4 Å². The second-order valence-corrected chi connectivity index (χ2v) is 4.01. The molecular weight excluding hydrogens is 249 g/mol. The average Bonchev–Trinajstić information content (AvgIpc) is 2.36. The molecule has 2 rings (SSSR count). The fourth-order valence-corrected chi connectivity index (χ4v) is 1.61. The SMILES string of the molecule is Cc1c(F)cccc1Nc1ncc(N)cc1C(=O)O. The number of anilines is 3. The normalized spacial score (nSPS) is 10.2. The van der Waals surface area contributed by atoms with Gasteiger partial charge >= 0.3 is 5.97 Å². The standard InChI is InChI=1S/C13H12FN3O2/c1-7-10(14)3-2-4-11(7)17-12-9(13(18)19)5-8(15)6-16-12/h2-6H,15H2,1H3,(H,16,17)(H,18,19). The molecular formula is C13H12FN3O2. The minimum absolute atomic E-state index is 0.0661. The van der Waals surface area contributed by atoms with Gasteiger partial charge in [-0.25, -0.2) is 14.2 Å². The first-order valence-corrected chi connectivity index (χ1v) is 5.50. The van der Waals surface area contributed by atoms with Gasteiger partial charge in [-0.1, -0.05) is 6.07 Å². The van der Waals surface area contributed by atoms with Crippen molar-refractivity contribution in [3.63, 3.8) is 0 Å². The van der Waals surface area contributed by atoms with E-state index in [0.717, 1.165) is 0 Å². The van der Waals surface area contributed by atoms with Crippen molar-refractivity contribution in [1.82, 2.24) is 4.98 Å². The predicted molar refractivity (Wildman–Crippen MR) is 70.0 cm³/mol. The summed E-state index contributed by atoms with van der Waals surface area (Å²) in [6, 6.07) is 5.80. The maximum Gasteiger partial charge on any atom is 0.339 e. The summed E-state index contributed by atoms with van der Waals surface area (Å²) in [6.45, 7) is 1.59. The lowest BCUT2D eigenvalue weighted by molar-refractivity contribution is 0.0697. The molecule has 0 bridgehead atoms. The van der Waals surface area contributed by atoms with Crippen molar-refractivity contribution >= 4 is 23.2 Å². The highest BCUT2D eigenvalue weighted by molar-refractivity contribution is 5.95. The minimum Gasteiger partial charge on any atom is -0.478 e. The number of pyridine rings is 1. The number of rotatable bonds is 3. The molecule has 6 heteroatoms. The van der Waals surface area contributed by atoms with E-state index in [1.54, 1.807) is 13.0 Å². The number of hydrogen-bond donors (Lipinski definition) is 3. The molecule has 19 heavy (non-hydrogen) atoms. The van der Waals surface area contributed by atoms with Crippen molar-refractivity contribution in [3.8, 4) is 0 Å². The zero-order chi connectivity index (χ0) is 14.0. The quantitative estimate of drug-likeness (QED) is 0.790. The smallest absolute Gasteiger partial charge is 0.339 e. The largest absolute Gasteiger partial charge is 0.478 e. The lowest BCUT2D eigenvalue weighted by atomic mass is 10.1. The van der Waals surface area contributed by atoms with Crippen LogP contribution in [0.4, 0.5) is 21.6 Å². The first kappa shape index (κ1) is 12.8. The predicted octanol–water partition coefficient (Wildman–Crippen LogP) is 2.55. The molecule has 5 nitrogen and oxygen atoms in total. The summed E-state index contributed by atoms with van der Waals surface area (Å²) in [5.41, 5.74) is 6.53. The number of aromatic carboxylic acids is 1. The maximum atomic E-state index is 13.4. The number of carbonyl (C=O) groups is 1. The second kappa shape index (κ2) is 4.93. The highest BCUT2D eigenvalue weighted by Gasteiger charge is 2.13. The molecule has 0 aliphatic heterocycles. The van der Waals surface area contributed by atoms with E-state index < -0.39 is 5.97 Å². The van der Waals surface area contributed by atoms with E-state index in [0.29, 0.717) is 11.3 Å². The maximum absolute atomic E-state index is 13.4. The van der Waals surface area contributed by atoms with Gasteiger partial charge in [0, 0.05) is 11.3 Å². The molecule has 0 saturated heterocycles. The van der Waals surface area contributed by atoms with Crippen LogP contribution in [0.15, 0.2) is 30.5 Å². The number of nitrogen functional groups attached to an aromatic ring is 1. The van der Waals surface area contributed by atoms with Gasteiger partial charge in [-0.3, -0.25) is 0 Å². The molecule has 0 fully saturated rings. The summed E-state index contributed by atoms with van der Waals surface area (Å²) >= 11 is 0. The third-order valence-corrected chi connectivity index (χ3v) is 2.66. The van der Waals surface area contributed by atoms with Crippen molar-refractivity contribution < 1.29 is 14.3 Å². The second-order valence-electron chi connectivity index (χ2n) is 4.01. The number of halogens is 1. The molecule has 0 atom stereocenters. The van der Waals surface area contributed by atoms with Crippen LogP contribution in [-0.4, -0.2) is 16.1 Å². The molecule has 4 N–H and O–H groups in total. The van der Waals surface area contributed by atoms with Crippen molar-refractivity contribution in [3.05, 3.63) is 47.4 Å². The van der Waals surface area contributed by atoms with Gasteiger partial charge in [0.2, 0.25) is 0 Å². The van der Waals surface area contributed by atoms with Crippen LogP contribution in [-0.2, 0) is 0 Å².